The Morgan fingerprint density at radius 3 is 2.50 bits per heavy atom. The number of allylic oxidation sites excluding steroid dienone is 2. The molecular formula is C24H21N2O6-. The first-order valence-corrected chi connectivity index (χ1v) is 10.2. The van der Waals surface area contributed by atoms with Gasteiger partial charge in [-0.05, 0) is 36.1 Å². The van der Waals surface area contributed by atoms with Gasteiger partial charge in [-0.15, -0.1) is 0 Å². The molecule has 0 amide bonds. The highest BCUT2D eigenvalue weighted by Gasteiger charge is 2.44. The zero-order valence-corrected chi connectivity index (χ0v) is 17.6. The number of nitro benzene ring substituents is 1. The number of carbonyl (C=O) groups is 2. The summed E-state index contributed by atoms with van der Waals surface area (Å²) in [5, 5.41) is 23.3. The highest BCUT2D eigenvalue weighted by Crippen LogP contribution is 2.47. The third-order valence-electron chi connectivity index (χ3n) is 6.15. The molecule has 0 radical (unpaired) electrons. The van der Waals surface area contributed by atoms with Crippen LogP contribution in [0.15, 0.2) is 64.8 Å². The van der Waals surface area contributed by atoms with Crippen LogP contribution in [0.5, 0.6) is 5.75 Å². The first kappa shape index (κ1) is 21.4. The van der Waals surface area contributed by atoms with Crippen LogP contribution >= 0.6 is 0 Å². The van der Waals surface area contributed by atoms with Crippen molar-refractivity contribution in [3.63, 3.8) is 0 Å². The zero-order valence-electron chi connectivity index (χ0n) is 17.6. The Labute approximate surface area is 184 Å². The SMILES string of the molecule is COC(=O)C1C(C)=NC2=C(C(=O)C[C@H](c3ccccc3)C2)[C@H]1c1ccc([O-])c([N+](=O)[O-])c1. The molecule has 0 saturated heterocycles. The van der Waals surface area contributed by atoms with Crippen LogP contribution in [-0.2, 0) is 14.3 Å². The van der Waals surface area contributed by atoms with Crippen LogP contribution in [0.2, 0.25) is 0 Å². The van der Waals surface area contributed by atoms with Gasteiger partial charge >= 0.3 is 5.97 Å². The van der Waals surface area contributed by atoms with E-state index in [-0.39, 0.29) is 18.1 Å². The lowest BCUT2D eigenvalue weighted by atomic mass is 9.69. The van der Waals surface area contributed by atoms with Gasteiger partial charge in [0.15, 0.2) is 5.78 Å². The summed E-state index contributed by atoms with van der Waals surface area (Å²) in [4.78, 5) is 41.3. The van der Waals surface area contributed by atoms with E-state index in [1.165, 1.54) is 13.2 Å². The van der Waals surface area contributed by atoms with Gasteiger partial charge in [0.05, 0.1) is 12.0 Å². The fourth-order valence-corrected chi connectivity index (χ4v) is 4.68. The number of ketones is 1. The van der Waals surface area contributed by atoms with Crippen molar-refractivity contribution in [2.24, 2.45) is 10.9 Å². The Kier molecular flexibility index (Phi) is 5.61. The summed E-state index contributed by atoms with van der Waals surface area (Å²) < 4.78 is 4.97. The third-order valence-corrected chi connectivity index (χ3v) is 6.15. The second kappa shape index (κ2) is 8.37. The van der Waals surface area contributed by atoms with Crippen molar-refractivity contribution in [2.45, 2.75) is 31.6 Å². The molecule has 2 aromatic rings. The standard InChI is InChI=1S/C24H22N2O6/c1-13-21(24(29)32-2)22(15-8-9-19(27)18(11-15)26(30)31)23-17(25-13)10-16(12-20(23)28)14-6-4-3-5-7-14/h3-9,11,16,21-22,27H,10,12H2,1-2H3/p-1/t16-,21?,22+/m1/s1. The van der Waals surface area contributed by atoms with E-state index in [4.69, 9.17) is 4.74 Å². The van der Waals surface area contributed by atoms with Crippen molar-refractivity contribution in [3.8, 4) is 5.75 Å². The molecule has 1 aliphatic carbocycles. The Hall–Kier alpha value is -3.81. The van der Waals surface area contributed by atoms with Crippen molar-refractivity contribution in [3.05, 3.63) is 81.0 Å². The van der Waals surface area contributed by atoms with Gasteiger partial charge in [0.2, 0.25) is 0 Å². The van der Waals surface area contributed by atoms with Crippen LogP contribution in [0.1, 0.15) is 42.7 Å². The molecule has 164 valence electrons. The predicted molar refractivity (Wildman–Crippen MR) is 114 cm³/mol. The molecule has 8 heteroatoms. The van der Waals surface area contributed by atoms with Gasteiger partial charge < -0.3 is 9.84 Å². The molecule has 2 aromatic carbocycles. The summed E-state index contributed by atoms with van der Waals surface area (Å²) in [6.45, 7) is 1.69. The summed E-state index contributed by atoms with van der Waals surface area (Å²) >= 11 is 0. The van der Waals surface area contributed by atoms with Crippen LogP contribution in [0, 0.1) is 16.0 Å². The number of rotatable bonds is 4. The first-order chi connectivity index (χ1) is 15.3. The molecule has 3 atom stereocenters. The van der Waals surface area contributed by atoms with Gasteiger partial charge in [-0.1, -0.05) is 42.5 Å². The molecule has 0 aromatic heterocycles. The minimum atomic E-state index is -0.909. The number of hydrogen-bond donors (Lipinski definition) is 0. The summed E-state index contributed by atoms with van der Waals surface area (Å²) in [7, 11) is 1.24. The fourth-order valence-electron chi connectivity index (χ4n) is 4.68. The summed E-state index contributed by atoms with van der Waals surface area (Å²) in [5.41, 5.74) is 2.19. The molecule has 0 saturated carbocycles. The minimum absolute atomic E-state index is 0.0484. The van der Waals surface area contributed by atoms with Gasteiger partial charge in [-0.25, -0.2) is 0 Å². The lowest BCUT2D eigenvalue weighted by Crippen LogP contribution is -2.37. The van der Waals surface area contributed by atoms with E-state index in [0.29, 0.717) is 29.0 Å². The topological polar surface area (TPSA) is 122 Å². The van der Waals surface area contributed by atoms with Crippen molar-refractivity contribution in [1.29, 1.82) is 0 Å². The summed E-state index contributed by atoms with van der Waals surface area (Å²) in [5.74, 6) is -3.25. The van der Waals surface area contributed by atoms with E-state index >= 15 is 0 Å². The van der Waals surface area contributed by atoms with E-state index < -0.39 is 34.2 Å². The largest absolute Gasteiger partial charge is 0.868 e. The van der Waals surface area contributed by atoms with Crippen LogP contribution in [0.3, 0.4) is 0 Å². The molecule has 0 bridgehead atoms. The number of ether oxygens (including phenoxy) is 1. The third kappa shape index (κ3) is 3.68. The van der Waals surface area contributed by atoms with Crippen molar-refractivity contribution >= 4 is 23.2 Å². The molecule has 0 spiro atoms. The van der Waals surface area contributed by atoms with E-state index in [2.05, 4.69) is 4.99 Å². The number of Topliss-reactive ketones (excluding diaryl/α,β-unsaturated/α-hetero) is 1. The molecule has 8 nitrogen and oxygen atoms in total. The Balaban J connectivity index is 1.86. The number of benzene rings is 2. The molecule has 1 heterocycles. The normalized spacial score (nSPS) is 22.8. The number of nitro groups is 1. The average Bonchev–Trinajstić information content (AvgIpc) is 2.78. The minimum Gasteiger partial charge on any atom is -0.868 e. The summed E-state index contributed by atoms with van der Waals surface area (Å²) in [6.07, 6.45) is 0.748. The van der Waals surface area contributed by atoms with Crippen LogP contribution in [0.4, 0.5) is 5.69 Å². The molecule has 4 rings (SSSR count). The number of methoxy groups -OCH3 is 1. The second-order valence-corrected chi connectivity index (χ2v) is 8.02. The number of aliphatic imine (C=N–C) groups is 1. The molecule has 2 aliphatic rings. The Morgan fingerprint density at radius 1 is 1.12 bits per heavy atom. The average molecular weight is 433 g/mol. The Morgan fingerprint density at radius 2 is 1.84 bits per heavy atom. The maximum atomic E-state index is 13.4. The zero-order chi connectivity index (χ0) is 23.0. The molecule has 32 heavy (non-hydrogen) atoms. The molecular weight excluding hydrogens is 412 g/mol. The number of carbonyl (C=O) groups excluding carboxylic acids is 2. The van der Waals surface area contributed by atoms with E-state index in [1.807, 2.05) is 30.3 Å². The van der Waals surface area contributed by atoms with Crippen LogP contribution in [0.25, 0.3) is 0 Å². The van der Waals surface area contributed by atoms with Crippen LogP contribution < -0.4 is 5.11 Å². The van der Waals surface area contributed by atoms with Crippen LogP contribution in [-0.4, -0.2) is 29.5 Å². The summed E-state index contributed by atoms with van der Waals surface area (Å²) in [6, 6.07) is 13.4. The predicted octanol–water partition coefficient (Wildman–Crippen LogP) is 3.42. The fraction of sp³-hybridized carbons (Fsp3) is 0.292. The van der Waals surface area contributed by atoms with Crippen molar-refractivity contribution in [2.75, 3.05) is 7.11 Å². The lowest BCUT2D eigenvalue weighted by Gasteiger charge is -2.36. The molecule has 0 N–H and O–H groups in total. The smallest absolute Gasteiger partial charge is 0.315 e. The number of esters is 1. The van der Waals surface area contributed by atoms with E-state index in [9.17, 15) is 24.8 Å². The first-order valence-electron chi connectivity index (χ1n) is 10.2. The van der Waals surface area contributed by atoms with Gasteiger partial charge in [-0.3, -0.25) is 24.7 Å². The van der Waals surface area contributed by atoms with Crippen molar-refractivity contribution < 1.29 is 24.4 Å². The highest BCUT2D eigenvalue weighted by molar-refractivity contribution is 6.09. The van der Waals surface area contributed by atoms with Gasteiger partial charge in [0, 0.05) is 35.4 Å². The molecule has 1 unspecified atom stereocenters. The number of hydrogen-bond acceptors (Lipinski definition) is 7. The van der Waals surface area contributed by atoms with E-state index in [0.717, 1.165) is 17.7 Å². The Bertz CT molecular complexity index is 1170. The second-order valence-electron chi connectivity index (χ2n) is 8.02. The highest BCUT2D eigenvalue weighted by atomic mass is 16.6. The molecule has 0 fully saturated rings. The maximum absolute atomic E-state index is 13.4. The van der Waals surface area contributed by atoms with Gasteiger partial charge in [0.1, 0.15) is 5.92 Å². The number of nitrogens with zero attached hydrogens (tertiary/aromatic N) is 2. The maximum Gasteiger partial charge on any atom is 0.315 e. The monoisotopic (exact) mass is 433 g/mol. The lowest BCUT2D eigenvalue weighted by molar-refractivity contribution is -0.398. The van der Waals surface area contributed by atoms with Gasteiger partial charge in [0.25, 0.3) is 5.69 Å². The molecule has 1 aliphatic heterocycles. The van der Waals surface area contributed by atoms with Crippen molar-refractivity contribution in [1.82, 2.24) is 0 Å². The van der Waals surface area contributed by atoms with E-state index in [1.54, 1.807) is 6.92 Å². The van der Waals surface area contributed by atoms with Gasteiger partial charge in [-0.2, -0.15) is 0 Å². The quantitative estimate of drug-likeness (QED) is 0.414.